The van der Waals surface area contributed by atoms with Gasteiger partial charge in [-0.2, -0.15) is 13.2 Å². The molecule has 0 saturated carbocycles. The summed E-state index contributed by atoms with van der Waals surface area (Å²) >= 11 is 0. The van der Waals surface area contributed by atoms with Gasteiger partial charge in [0.25, 0.3) is 6.43 Å². The Morgan fingerprint density at radius 3 is 2.33 bits per heavy atom. The number of carboxylic acid groups (broad SMARTS) is 1. The van der Waals surface area contributed by atoms with Crippen LogP contribution < -0.4 is 0 Å². The summed E-state index contributed by atoms with van der Waals surface area (Å²) in [7, 11) is 0. The number of carboxylic acids is 1. The number of carbonyl (C=O) groups is 1. The Labute approximate surface area is 115 Å². The fourth-order valence-corrected chi connectivity index (χ4v) is 2.06. The number of aliphatic carboxylic acids is 1. The lowest BCUT2D eigenvalue weighted by Crippen LogP contribution is -2.33. The van der Waals surface area contributed by atoms with Crippen LogP contribution in [0.1, 0.15) is 19.8 Å². The monoisotopic (exact) mass is 311 g/mol. The van der Waals surface area contributed by atoms with E-state index in [1.807, 2.05) is 0 Å². The van der Waals surface area contributed by atoms with E-state index in [1.54, 1.807) is 0 Å². The molecule has 116 valence electrons. The zero-order valence-corrected chi connectivity index (χ0v) is 10.7. The van der Waals surface area contributed by atoms with Crippen LogP contribution in [0, 0.1) is 5.92 Å². The second-order valence-corrected chi connectivity index (χ2v) is 4.22. The predicted octanol–water partition coefficient (Wildman–Crippen LogP) is 2.78. The molecule has 1 heterocycles. The van der Waals surface area contributed by atoms with Gasteiger partial charge in [-0.05, 0) is 6.42 Å². The standard InChI is InChI=1S/C12H10F5NO3/c1-2-3-5-6(4-19)8(10(13)14)18-9(12(15,16)17)7(5)11(20)21/h5,10H,2-3H2,1H3,(H,20,21). The zero-order valence-electron chi connectivity index (χ0n) is 10.7. The summed E-state index contributed by atoms with van der Waals surface area (Å²) < 4.78 is 64.1. The van der Waals surface area contributed by atoms with Crippen LogP contribution in [0.2, 0.25) is 0 Å². The molecule has 21 heavy (non-hydrogen) atoms. The molecule has 1 unspecified atom stereocenters. The number of aliphatic imine (C=N–C) groups is 1. The Morgan fingerprint density at radius 1 is 1.43 bits per heavy atom. The number of hydrogen-bond donors (Lipinski definition) is 1. The van der Waals surface area contributed by atoms with Crippen LogP contribution in [-0.2, 0) is 9.59 Å². The normalized spacial score (nSPS) is 19.7. The van der Waals surface area contributed by atoms with E-state index in [0.717, 1.165) is 5.94 Å². The van der Waals surface area contributed by atoms with Gasteiger partial charge in [0.1, 0.15) is 11.7 Å². The van der Waals surface area contributed by atoms with Crippen LogP contribution in [0.4, 0.5) is 22.0 Å². The molecule has 1 aliphatic rings. The summed E-state index contributed by atoms with van der Waals surface area (Å²) in [4.78, 5) is 24.6. The van der Waals surface area contributed by atoms with E-state index in [9.17, 15) is 31.5 Å². The van der Waals surface area contributed by atoms with Crippen LogP contribution in [0.3, 0.4) is 0 Å². The van der Waals surface area contributed by atoms with Crippen LogP contribution in [0.5, 0.6) is 0 Å². The van der Waals surface area contributed by atoms with Gasteiger partial charge in [-0.3, -0.25) is 0 Å². The maximum Gasteiger partial charge on any atom is 0.433 e. The maximum atomic E-state index is 12.9. The molecule has 4 nitrogen and oxygen atoms in total. The molecule has 1 atom stereocenters. The molecule has 1 rings (SSSR count). The third kappa shape index (κ3) is 3.36. The lowest BCUT2D eigenvalue weighted by molar-refractivity contribution is -0.135. The van der Waals surface area contributed by atoms with E-state index >= 15 is 0 Å². The Morgan fingerprint density at radius 2 is 2.00 bits per heavy atom. The molecular formula is C12H10F5NO3. The Kier molecular flexibility index (Phi) is 5.01. The van der Waals surface area contributed by atoms with E-state index < -0.39 is 47.0 Å². The fourth-order valence-electron chi connectivity index (χ4n) is 2.06. The highest BCUT2D eigenvalue weighted by Gasteiger charge is 2.46. The summed E-state index contributed by atoms with van der Waals surface area (Å²) in [6.07, 6.45) is -8.67. The quantitative estimate of drug-likeness (QED) is 0.641. The highest BCUT2D eigenvalue weighted by Crippen LogP contribution is 2.40. The molecular weight excluding hydrogens is 301 g/mol. The molecule has 1 aliphatic heterocycles. The summed E-state index contributed by atoms with van der Waals surface area (Å²) in [5.41, 5.74) is -5.31. The summed E-state index contributed by atoms with van der Waals surface area (Å²) in [6.45, 7) is 1.52. The number of hydrogen-bond acceptors (Lipinski definition) is 3. The van der Waals surface area contributed by atoms with E-state index in [4.69, 9.17) is 5.11 Å². The van der Waals surface area contributed by atoms with Crippen molar-refractivity contribution in [3.63, 3.8) is 0 Å². The van der Waals surface area contributed by atoms with Gasteiger partial charge >= 0.3 is 12.1 Å². The van der Waals surface area contributed by atoms with E-state index in [1.165, 1.54) is 6.92 Å². The molecule has 0 aromatic rings. The highest BCUT2D eigenvalue weighted by atomic mass is 19.4. The Bertz CT molecular complexity index is 556. The molecule has 0 amide bonds. The van der Waals surface area contributed by atoms with Crippen molar-refractivity contribution >= 4 is 17.6 Å². The van der Waals surface area contributed by atoms with Crippen molar-refractivity contribution in [1.82, 2.24) is 0 Å². The number of alkyl halides is 5. The molecule has 0 saturated heterocycles. The van der Waals surface area contributed by atoms with Crippen molar-refractivity contribution in [3.8, 4) is 0 Å². The van der Waals surface area contributed by atoms with Gasteiger partial charge in [0.15, 0.2) is 5.70 Å². The summed E-state index contributed by atoms with van der Waals surface area (Å²) in [5.74, 6) is -2.44. The van der Waals surface area contributed by atoms with Gasteiger partial charge < -0.3 is 5.11 Å². The molecule has 0 radical (unpaired) electrons. The summed E-state index contributed by atoms with van der Waals surface area (Å²) in [6, 6.07) is 0. The molecule has 0 bridgehead atoms. The van der Waals surface area contributed by atoms with Crippen molar-refractivity contribution in [1.29, 1.82) is 0 Å². The van der Waals surface area contributed by atoms with Gasteiger partial charge in [0.05, 0.1) is 11.1 Å². The maximum absolute atomic E-state index is 12.9. The van der Waals surface area contributed by atoms with Crippen molar-refractivity contribution < 1.29 is 36.6 Å². The van der Waals surface area contributed by atoms with Gasteiger partial charge in [-0.1, -0.05) is 13.3 Å². The minimum atomic E-state index is -5.21. The average molecular weight is 311 g/mol. The second-order valence-electron chi connectivity index (χ2n) is 4.22. The molecule has 0 aromatic carbocycles. The van der Waals surface area contributed by atoms with Gasteiger partial charge in [-0.15, -0.1) is 0 Å². The first-order chi connectivity index (χ1) is 9.65. The third-order valence-electron chi connectivity index (χ3n) is 2.85. The van der Waals surface area contributed by atoms with Crippen LogP contribution >= 0.6 is 0 Å². The number of rotatable bonds is 4. The summed E-state index contributed by atoms with van der Waals surface area (Å²) in [5, 5.41) is 8.95. The third-order valence-corrected chi connectivity index (χ3v) is 2.85. The molecule has 0 spiro atoms. The zero-order chi connectivity index (χ0) is 16.4. The minimum absolute atomic E-state index is 0.189. The van der Waals surface area contributed by atoms with Gasteiger partial charge in [0.2, 0.25) is 0 Å². The van der Waals surface area contributed by atoms with Crippen LogP contribution in [-0.4, -0.2) is 35.3 Å². The van der Waals surface area contributed by atoms with Gasteiger partial charge in [-0.25, -0.2) is 23.4 Å². The minimum Gasteiger partial charge on any atom is -0.478 e. The molecule has 9 heteroatoms. The van der Waals surface area contributed by atoms with Crippen LogP contribution in [0.15, 0.2) is 21.8 Å². The molecule has 1 N–H and O–H groups in total. The van der Waals surface area contributed by atoms with Gasteiger partial charge in [0, 0.05) is 5.92 Å². The average Bonchev–Trinajstić information content (AvgIpc) is 2.35. The first kappa shape index (κ1) is 17.0. The van der Waals surface area contributed by atoms with E-state index in [-0.39, 0.29) is 12.8 Å². The largest absolute Gasteiger partial charge is 0.478 e. The Hall–Kier alpha value is -2.02. The smallest absolute Gasteiger partial charge is 0.433 e. The van der Waals surface area contributed by atoms with Crippen molar-refractivity contribution in [2.45, 2.75) is 32.4 Å². The van der Waals surface area contributed by atoms with E-state index in [2.05, 4.69) is 4.99 Å². The second kappa shape index (κ2) is 6.17. The van der Waals surface area contributed by atoms with Crippen molar-refractivity contribution in [2.75, 3.05) is 0 Å². The number of halogens is 5. The van der Waals surface area contributed by atoms with Crippen molar-refractivity contribution in [2.24, 2.45) is 10.9 Å². The SMILES string of the molecule is CCCC1C(=C=O)C(C(F)F)=NC(C(F)(F)F)=C1C(=O)O. The predicted molar refractivity (Wildman–Crippen MR) is 61.8 cm³/mol. The first-order valence-electron chi connectivity index (χ1n) is 5.81. The molecule has 0 aliphatic carbocycles. The fraction of sp³-hybridized carbons (Fsp3) is 0.500. The first-order valence-corrected chi connectivity index (χ1v) is 5.81. The van der Waals surface area contributed by atoms with E-state index in [0.29, 0.717) is 0 Å². The number of carbonyl (C=O) groups excluding carboxylic acids is 1. The van der Waals surface area contributed by atoms with Crippen molar-refractivity contribution in [3.05, 3.63) is 16.8 Å². The lowest BCUT2D eigenvalue weighted by Gasteiger charge is -2.26. The van der Waals surface area contributed by atoms with Crippen LogP contribution in [0.25, 0.3) is 0 Å². The lowest BCUT2D eigenvalue weighted by atomic mass is 9.82. The molecule has 0 fully saturated rings. The number of nitrogens with zero attached hydrogens (tertiary/aromatic N) is 1. The highest BCUT2D eigenvalue weighted by molar-refractivity contribution is 6.12. The molecule has 0 aromatic heterocycles. The number of allylic oxidation sites excluding steroid dienone is 2. The Balaban J connectivity index is 3.69. The topological polar surface area (TPSA) is 66.7 Å².